The second-order valence-electron chi connectivity index (χ2n) is 6.45. The minimum absolute atomic E-state index is 0.0384. The van der Waals surface area contributed by atoms with Gasteiger partial charge in [-0.05, 0) is 39.2 Å². The summed E-state index contributed by atoms with van der Waals surface area (Å²) in [5, 5.41) is 2.86. The van der Waals surface area contributed by atoms with Gasteiger partial charge in [-0.2, -0.15) is 0 Å². The van der Waals surface area contributed by atoms with Gasteiger partial charge in [0, 0.05) is 25.6 Å². The van der Waals surface area contributed by atoms with Gasteiger partial charge in [-0.25, -0.2) is 0 Å². The van der Waals surface area contributed by atoms with Crippen LogP contribution in [-0.2, 0) is 9.59 Å². The highest BCUT2D eigenvalue weighted by Crippen LogP contribution is 2.30. The fraction of sp³-hybridized carbons (Fsp3) is 0.556. The van der Waals surface area contributed by atoms with Crippen LogP contribution in [0, 0.1) is 5.92 Å². The summed E-state index contributed by atoms with van der Waals surface area (Å²) in [6.45, 7) is 2.06. The lowest BCUT2D eigenvalue weighted by atomic mass is 10.1. The van der Waals surface area contributed by atoms with Crippen molar-refractivity contribution in [2.75, 3.05) is 53.3 Å². The fourth-order valence-corrected chi connectivity index (χ4v) is 2.89. The summed E-state index contributed by atoms with van der Waals surface area (Å²) in [4.78, 5) is 28.5. The highest BCUT2D eigenvalue weighted by Gasteiger charge is 2.34. The van der Waals surface area contributed by atoms with Gasteiger partial charge in [-0.1, -0.05) is 0 Å². The Hall–Kier alpha value is -2.28. The molecule has 7 nitrogen and oxygen atoms in total. The molecular formula is C18H27N3O4. The first-order valence-electron chi connectivity index (χ1n) is 8.40. The molecule has 1 N–H and O–H groups in total. The van der Waals surface area contributed by atoms with Crippen LogP contribution in [0.3, 0.4) is 0 Å². The zero-order valence-corrected chi connectivity index (χ0v) is 15.4. The Morgan fingerprint density at radius 2 is 2.08 bits per heavy atom. The van der Waals surface area contributed by atoms with Crippen molar-refractivity contribution in [2.45, 2.75) is 12.8 Å². The zero-order valence-electron chi connectivity index (χ0n) is 15.4. The Morgan fingerprint density at radius 1 is 1.32 bits per heavy atom. The molecule has 1 saturated heterocycles. The average molecular weight is 349 g/mol. The van der Waals surface area contributed by atoms with E-state index >= 15 is 0 Å². The Morgan fingerprint density at radius 3 is 2.72 bits per heavy atom. The topological polar surface area (TPSA) is 71.1 Å². The molecule has 25 heavy (non-hydrogen) atoms. The van der Waals surface area contributed by atoms with Crippen LogP contribution in [0.4, 0.5) is 5.69 Å². The molecule has 0 aromatic heterocycles. The van der Waals surface area contributed by atoms with Crippen LogP contribution in [0.2, 0.25) is 0 Å². The first-order valence-corrected chi connectivity index (χ1v) is 8.40. The van der Waals surface area contributed by atoms with E-state index in [1.165, 1.54) is 0 Å². The van der Waals surface area contributed by atoms with Crippen LogP contribution in [-0.4, -0.2) is 69.6 Å². The van der Waals surface area contributed by atoms with E-state index in [-0.39, 0.29) is 24.2 Å². The number of hydrogen-bond donors (Lipinski definition) is 1. The van der Waals surface area contributed by atoms with Crippen LogP contribution in [0.1, 0.15) is 12.8 Å². The summed E-state index contributed by atoms with van der Waals surface area (Å²) in [5.41, 5.74) is 0.547. The number of anilines is 1. The monoisotopic (exact) mass is 349 g/mol. The maximum atomic E-state index is 12.6. The van der Waals surface area contributed by atoms with Crippen LogP contribution in [0.25, 0.3) is 0 Å². The molecule has 1 aliphatic heterocycles. The van der Waals surface area contributed by atoms with Crippen molar-refractivity contribution in [2.24, 2.45) is 5.92 Å². The van der Waals surface area contributed by atoms with Crippen LogP contribution in [0.15, 0.2) is 18.2 Å². The zero-order chi connectivity index (χ0) is 18.4. The van der Waals surface area contributed by atoms with Crippen LogP contribution >= 0.6 is 0 Å². The van der Waals surface area contributed by atoms with Gasteiger partial charge in [0.2, 0.25) is 11.8 Å². The van der Waals surface area contributed by atoms with Gasteiger partial charge < -0.3 is 24.6 Å². The number of likely N-dealkylation sites (tertiary alicyclic amines) is 1. The number of methoxy groups -OCH3 is 2. The first-order chi connectivity index (χ1) is 11.9. The predicted octanol–water partition coefficient (Wildman–Crippen LogP) is 1.44. The highest BCUT2D eigenvalue weighted by atomic mass is 16.5. The van der Waals surface area contributed by atoms with Crippen molar-refractivity contribution >= 4 is 17.5 Å². The molecular weight excluding hydrogens is 322 g/mol. The maximum absolute atomic E-state index is 12.6. The number of rotatable bonds is 8. The smallest absolute Gasteiger partial charge is 0.229 e. The van der Waals surface area contributed by atoms with Gasteiger partial charge in [0.05, 0.1) is 25.8 Å². The molecule has 2 rings (SSSR count). The minimum atomic E-state index is -0.345. The number of hydrogen-bond acceptors (Lipinski definition) is 5. The molecule has 1 atom stereocenters. The van der Waals surface area contributed by atoms with Crippen molar-refractivity contribution in [3.05, 3.63) is 18.2 Å². The normalized spacial score (nSPS) is 17.1. The number of ether oxygens (including phenoxy) is 2. The third-order valence-corrected chi connectivity index (χ3v) is 4.28. The molecule has 0 bridgehead atoms. The highest BCUT2D eigenvalue weighted by molar-refractivity contribution is 5.98. The van der Waals surface area contributed by atoms with E-state index < -0.39 is 0 Å². The molecule has 0 radical (unpaired) electrons. The quantitative estimate of drug-likeness (QED) is 0.769. The Balaban J connectivity index is 1.96. The van der Waals surface area contributed by atoms with Gasteiger partial charge in [0.1, 0.15) is 11.5 Å². The summed E-state index contributed by atoms with van der Waals surface area (Å²) in [5.74, 6) is 0.708. The van der Waals surface area contributed by atoms with Crippen molar-refractivity contribution in [1.29, 1.82) is 0 Å². The molecule has 1 heterocycles. The van der Waals surface area contributed by atoms with E-state index in [1.54, 1.807) is 37.3 Å². The first kappa shape index (κ1) is 19.1. The van der Waals surface area contributed by atoms with Gasteiger partial charge >= 0.3 is 0 Å². The maximum Gasteiger partial charge on any atom is 0.229 e. The largest absolute Gasteiger partial charge is 0.497 e. The number of benzene rings is 1. The number of carbonyl (C=O) groups is 2. The Labute approximate surface area is 148 Å². The lowest BCUT2D eigenvalue weighted by molar-refractivity contribution is -0.128. The standard InChI is InChI=1S/C18H27N3O4/c1-20(2)8-5-9-21-12-13(10-17(21)22)18(23)19-15-11-14(24-3)6-7-16(15)25-4/h6-7,11,13H,5,8-10,12H2,1-4H3,(H,19,23). The third kappa shape index (κ3) is 5.09. The third-order valence-electron chi connectivity index (χ3n) is 4.28. The summed E-state index contributed by atoms with van der Waals surface area (Å²) in [6, 6.07) is 5.21. The van der Waals surface area contributed by atoms with Crippen molar-refractivity contribution in [1.82, 2.24) is 9.80 Å². The number of carbonyl (C=O) groups excluding carboxylic acids is 2. The molecule has 1 aliphatic rings. The lowest BCUT2D eigenvalue weighted by Crippen LogP contribution is -2.30. The van der Waals surface area contributed by atoms with E-state index in [9.17, 15) is 9.59 Å². The molecule has 7 heteroatoms. The van der Waals surface area contributed by atoms with Gasteiger partial charge in [0.15, 0.2) is 0 Å². The van der Waals surface area contributed by atoms with Crippen molar-refractivity contribution in [3.8, 4) is 11.5 Å². The summed E-state index contributed by atoms with van der Waals surface area (Å²) >= 11 is 0. The van der Waals surface area contributed by atoms with Crippen molar-refractivity contribution in [3.63, 3.8) is 0 Å². The predicted molar refractivity (Wildman–Crippen MR) is 96.0 cm³/mol. The van der Waals surface area contributed by atoms with E-state index in [2.05, 4.69) is 10.2 Å². The van der Waals surface area contributed by atoms with Crippen LogP contribution in [0.5, 0.6) is 11.5 Å². The summed E-state index contributed by atoms with van der Waals surface area (Å²) in [7, 11) is 7.12. The molecule has 1 aromatic carbocycles. The molecule has 1 fully saturated rings. The van der Waals surface area contributed by atoms with E-state index in [0.717, 1.165) is 13.0 Å². The Bertz CT molecular complexity index is 618. The lowest BCUT2D eigenvalue weighted by Gasteiger charge is -2.18. The minimum Gasteiger partial charge on any atom is -0.497 e. The molecule has 138 valence electrons. The van der Waals surface area contributed by atoms with Gasteiger partial charge in [-0.15, -0.1) is 0 Å². The molecule has 2 amide bonds. The SMILES string of the molecule is COc1ccc(OC)c(NC(=O)C2CC(=O)N(CCCN(C)C)C2)c1. The summed E-state index contributed by atoms with van der Waals surface area (Å²) < 4.78 is 10.5. The second-order valence-corrected chi connectivity index (χ2v) is 6.45. The number of amides is 2. The molecule has 0 spiro atoms. The second kappa shape index (κ2) is 8.71. The van der Waals surface area contributed by atoms with E-state index in [4.69, 9.17) is 9.47 Å². The van der Waals surface area contributed by atoms with Gasteiger partial charge in [-0.3, -0.25) is 9.59 Å². The fourth-order valence-electron chi connectivity index (χ4n) is 2.89. The molecule has 1 unspecified atom stereocenters. The molecule has 0 saturated carbocycles. The number of nitrogens with zero attached hydrogens (tertiary/aromatic N) is 2. The van der Waals surface area contributed by atoms with Crippen molar-refractivity contribution < 1.29 is 19.1 Å². The Kier molecular flexibility index (Phi) is 6.64. The average Bonchev–Trinajstić information content (AvgIpc) is 2.95. The van der Waals surface area contributed by atoms with Gasteiger partial charge in [0.25, 0.3) is 0 Å². The van der Waals surface area contributed by atoms with E-state index in [1.807, 2.05) is 14.1 Å². The molecule has 1 aromatic rings. The van der Waals surface area contributed by atoms with E-state index in [0.29, 0.717) is 30.3 Å². The molecule has 0 aliphatic carbocycles. The summed E-state index contributed by atoms with van der Waals surface area (Å²) in [6.07, 6.45) is 1.15. The number of nitrogens with one attached hydrogen (secondary N) is 1. The van der Waals surface area contributed by atoms with Crippen LogP contribution < -0.4 is 14.8 Å².